The van der Waals surface area contributed by atoms with E-state index in [4.69, 9.17) is 9.52 Å². The van der Waals surface area contributed by atoms with Crippen molar-refractivity contribution in [2.24, 2.45) is 0 Å². The molecule has 0 spiro atoms. The van der Waals surface area contributed by atoms with Gasteiger partial charge in [-0.3, -0.25) is 0 Å². The fraction of sp³-hybridized carbons (Fsp3) is 0.286. The number of carbonyl (C=O) groups is 1. The molecule has 0 radical (unpaired) electrons. The van der Waals surface area contributed by atoms with Gasteiger partial charge in [-0.15, -0.1) is 11.8 Å². The number of hydrogen-bond donors (Lipinski definition) is 1. The van der Waals surface area contributed by atoms with E-state index in [1.165, 1.54) is 4.90 Å². The van der Waals surface area contributed by atoms with Crippen LogP contribution in [0.25, 0.3) is 11.5 Å². The molecule has 4 nitrogen and oxygen atoms in total. The van der Waals surface area contributed by atoms with Crippen LogP contribution in [-0.2, 0) is 0 Å². The Morgan fingerprint density at radius 3 is 2.42 bits per heavy atom. The second-order valence-corrected chi connectivity index (χ2v) is 6.08. The van der Waals surface area contributed by atoms with Crippen molar-refractivity contribution in [1.29, 1.82) is 0 Å². The maximum Gasteiger partial charge on any atom is 0.373 e. The van der Waals surface area contributed by atoms with E-state index in [1.807, 2.05) is 24.3 Å². The van der Waals surface area contributed by atoms with E-state index in [1.54, 1.807) is 18.7 Å². The van der Waals surface area contributed by atoms with E-state index in [-0.39, 0.29) is 5.76 Å². The number of benzene rings is 1. The van der Waals surface area contributed by atoms with Crippen LogP contribution in [0, 0.1) is 6.92 Å². The van der Waals surface area contributed by atoms with Crippen LogP contribution in [0.4, 0.5) is 0 Å². The number of carboxylic acids is 1. The van der Waals surface area contributed by atoms with Crippen LogP contribution in [0.5, 0.6) is 0 Å². The molecule has 0 amide bonds. The average molecular weight is 277 g/mol. The Balaban J connectivity index is 2.27. The molecule has 0 aliphatic carbocycles. The molecule has 100 valence electrons. The number of nitrogens with zero attached hydrogens (tertiary/aromatic N) is 1. The highest BCUT2D eigenvalue weighted by Gasteiger charge is 2.17. The van der Waals surface area contributed by atoms with Gasteiger partial charge in [-0.1, -0.05) is 13.8 Å². The lowest BCUT2D eigenvalue weighted by molar-refractivity contribution is 0.0662. The van der Waals surface area contributed by atoms with Crippen LogP contribution in [0.1, 0.15) is 30.1 Å². The number of hydrogen-bond acceptors (Lipinski definition) is 4. The summed E-state index contributed by atoms with van der Waals surface area (Å²) in [5.41, 5.74) is 1.17. The van der Waals surface area contributed by atoms with Crippen molar-refractivity contribution in [3.05, 3.63) is 35.7 Å². The van der Waals surface area contributed by atoms with Gasteiger partial charge in [0.1, 0.15) is 0 Å². The van der Waals surface area contributed by atoms with Crippen LogP contribution in [0.3, 0.4) is 0 Å². The van der Waals surface area contributed by atoms with E-state index < -0.39 is 5.97 Å². The van der Waals surface area contributed by atoms with Crippen molar-refractivity contribution in [3.8, 4) is 11.5 Å². The molecule has 1 heterocycles. The molecule has 0 bridgehead atoms. The van der Waals surface area contributed by atoms with Gasteiger partial charge < -0.3 is 9.52 Å². The Morgan fingerprint density at radius 1 is 1.32 bits per heavy atom. The third-order valence-corrected chi connectivity index (χ3v) is 3.48. The first-order valence-corrected chi connectivity index (χ1v) is 6.83. The van der Waals surface area contributed by atoms with Gasteiger partial charge in [0.15, 0.2) is 0 Å². The van der Waals surface area contributed by atoms with Crippen LogP contribution in [0.2, 0.25) is 0 Å². The normalized spacial score (nSPS) is 10.9. The van der Waals surface area contributed by atoms with Gasteiger partial charge in [0, 0.05) is 15.7 Å². The summed E-state index contributed by atoms with van der Waals surface area (Å²) in [6.07, 6.45) is 0. The van der Waals surface area contributed by atoms with Gasteiger partial charge in [0.05, 0.1) is 5.69 Å². The quantitative estimate of drug-likeness (QED) is 0.860. The lowest BCUT2D eigenvalue weighted by Gasteiger charge is -2.04. The van der Waals surface area contributed by atoms with E-state index in [2.05, 4.69) is 18.8 Å². The fourth-order valence-corrected chi connectivity index (χ4v) is 2.50. The molecule has 1 aromatic carbocycles. The predicted molar refractivity (Wildman–Crippen MR) is 74.6 cm³/mol. The molecular weight excluding hydrogens is 262 g/mol. The zero-order valence-electron chi connectivity index (χ0n) is 11.0. The summed E-state index contributed by atoms with van der Waals surface area (Å²) >= 11 is 1.77. The molecule has 2 aromatic rings. The molecule has 0 saturated heterocycles. The maximum atomic E-state index is 10.9. The minimum absolute atomic E-state index is 0.101. The smallest absolute Gasteiger partial charge is 0.373 e. The lowest BCUT2D eigenvalue weighted by Crippen LogP contribution is -1.95. The average Bonchev–Trinajstić information content (AvgIpc) is 2.71. The van der Waals surface area contributed by atoms with Crippen LogP contribution >= 0.6 is 11.8 Å². The Labute approximate surface area is 115 Å². The monoisotopic (exact) mass is 277 g/mol. The van der Waals surface area contributed by atoms with Crippen molar-refractivity contribution < 1.29 is 14.3 Å². The van der Waals surface area contributed by atoms with Crippen molar-refractivity contribution in [1.82, 2.24) is 4.98 Å². The van der Waals surface area contributed by atoms with E-state index >= 15 is 0 Å². The largest absolute Gasteiger partial charge is 0.475 e. The molecule has 0 atom stereocenters. The Morgan fingerprint density at radius 2 is 1.95 bits per heavy atom. The number of oxazole rings is 1. The fourth-order valence-electron chi connectivity index (χ4n) is 1.67. The Hall–Kier alpha value is -1.75. The number of carboxylic acid groups (broad SMARTS) is 1. The molecule has 0 aliphatic rings. The van der Waals surface area contributed by atoms with E-state index in [0.717, 1.165) is 5.56 Å². The summed E-state index contributed by atoms with van der Waals surface area (Å²) in [7, 11) is 0. The highest BCUT2D eigenvalue weighted by molar-refractivity contribution is 7.99. The molecule has 19 heavy (non-hydrogen) atoms. The SMILES string of the molecule is Cc1nc(-c2ccc(SC(C)C)cc2)oc1C(=O)O. The molecule has 0 fully saturated rings. The van der Waals surface area contributed by atoms with Crippen molar-refractivity contribution >= 4 is 17.7 Å². The standard InChI is InChI=1S/C14H15NO3S/c1-8(2)19-11-6-4-10(5-7-11)13-15-9(3)12(18-13)14(16)17/h4-8H,1-3H3,(H,16,17). The Kier molecular flexibility index (Phi) is 3.95. The Bertz CT molecular complexity index is 587. The minimum atomic E-state index is -1.09. The summed E-state index contributed by atoms with van der Waals surface area (Å²) < 4.78 is 5.27. The molecule has 0 saturated carbocycles. The molecule has 1 aromatic heterocycles. The number of aryl methyl sites for hydroxylation is 1. The third kappa shape index (κ3) is 3.17. The molecular formula is C14H15NO3S. The summed E-state index contributed by atoms with van der Waals surface area (Å²) in [5, 5.41) is 9.45. The molecule has 0 unspecified atom stereocenters. The van der Waals surface area contributed by atoms with E-state index in [0.29, 0.717) is 16.8 Å². The van der Waals surface area contributed by atoms with Gasteiger partial charge in [-0.05, 0) is 31.2 Å². The zero-order valence-corrected chi connectivity index (χ0v) is 11.8. The molecule has 0 aliphatic heterocycles. The highest BCUT2D eigenvalue weighted by atomic mass is 32.2. The highest BCUT2D eigenvalue weighted by Crippen LogP contribution is 2.27. The number of rotatable bonds is 4. The second-order valence-electron chi connectivity index (χ2n) is 4.43. The summed E-state index contributed by atoms with van der Waals surface area (Å²) in [6, 6.07) is 7.75. The second kappa shape index (κ2) is 5.48. The third-order valence-electron chi connectivity index (χ3n) is 2.46. The van der Waals surface area contributed by atoms with Gasteiger partial charge in [-0.25, -0.2) is 9.78 Å². The summed E-state index contributed by atoms with van der Waals surface area (Å²) in [6.45, 7) is 5.89. The molecule has 1 N–H and O–H groups in total. The number of aromatic carboxylic acids is 1. The minimum Gasteiger partial charge on any atom is -0.475 e. The summed E-state index contributed by atoms with van der Waals surface area (Å²) in [5.74, 6) is -0.852. The van der Waals surface area contributed by atoms with Gasteiger partial charge in [0.2, 0.25) is 11.7 Å². The van der Waals surface area contributed by atoms with Gasteiger partial charge in [-0.2, -0.15) is 0 Å². The predicted octanol–water partition coefficient (Wildman–Crippen LogP) is 3.85. The van der Waals surface area contributed by atoms with Crippen LogP contribution in [0.15, 0.2) is 33.6 Å². The van der Waals surface area contributed by atoms with Gasteiger partial charge >= 0.3 is 5.97 Å². The van der Waals surface area contributed by atoms with Crippen molar-refractivity contribution in [2.45, 2.75) is 30.9 Å². The first-order chi connectivity index (χ1) is 8.97. The topological polar surface area (TPSA) is 63.3 Å². The molecule has 2 rings (SSSR count). The molecule has 5 heteroatoms. The lowest BCUT2D eigenvalue weighted by atomic mass is 10.2. The van der Waals surface area contributed by atoms with Crippen molar-refractivity contribution in [2.75, 3.05) is 0 Å². The van der Waals surface area contributed by atoms with Crippen molar-refractivity contribution in [3.63, 3.8) is 0 Å². The number of thioether (sulfide) groups is 1. The number of aromatic nitrogens is 1. The van der Waals surface area contributed by atoms with E-state index in [9.17, 15) is 4.79 Å². The zero-order chi connectivity index (χ0) is 14.0. The van der Waals surface area contributed by atoms with Crippen LogP contribution in [-0.4, -0.2) is 21.3 Å². The summed E-state index contributed by atoms with van der Waals surface area (Å²) in [4.78, 5) is 16.2. The first kappa shape index (κ1) is 13.7. The maximum absolute atomic E-state index is 10.9. The first-order valence-electron chi connectivity index (χ1n) is 5.95. The van der Waals surface area contributed by atoms with Gasteiger partial charge in [0.25, 0.3) is 0 Å². The van der Waals surface area contributed by atoms with Crippen LogP contribution < -0.4 is 0 Å².